The number of rotatable bonds is 6. The maximum Gasteiger partial charge on any atom is 0.308 e. The molecule has 1 aromatic rings. The number of carbonyl (C=O) groups excluding carboxylic acids is 4. The molecule has 0 aliphatic rings. The van der Waals surface area contributed by atoms with Crippen LogP contribution >= 0.6 is 0 Å². The zero-order valence-corrected chi connectivity index (χ0v) is 13.9. The van der Waals surface area contributed by atoms with Crippen molar-refractivity contribution < 1.29 is 33.4 Å². The summed E-state index contributed by atoms with van der Waals surface area (Å²) in [6.07, 6.45) is -0.785. The van der Waals surface area contributed by atoms with Crippen molar-refractivity contribution in [2.24, 2.45) is 0 Å². The smallest absolute Gasteiger partial charge is 0.308 e. The average molecular weight is 337 g/mol. The van der Waals surface area contributed by atoms with Crippen LogP contribution in [0.2, 0.25) is 0 Å². The molecule has 0 heterocycles. The average Bonchev–Trinajstić information content (AvgIpc) is 2.43. The van der Waals surface area contributed by atoms with E-state index in [2.05, 4.69) is 5.32 Å². The summed E-state index contributed by atoms with van der Waals surface area (Å²) in [6, 6.07) is 4.37. The van der Waals surface area contributed by atoms with E-state index in [1.54, 1.807) is 6.07 Å². The lowest BCUT2D eigenvalue weighted by atomic mass is 10.1. The van der Waals surface area contributed by atoms with Crippen LogP contribution in [0.3, 0.4) is 0 Å². The molecule has 0 spiro atoms. The third kappa shape index (κ3) is 6.47. The normalized spacial score (nSPS) is 11.2. The summed E-state index contributed by atoms with van der Waals surface area (Å²) in [5, 5.41) is 2.55. The Labute approximate surface area is 139 Å². The fourth-order valence-corrected chi connectivity index (χ4v) is 1.86. The van der Waals surface area contributed by atoms with Gasteiger partial charge in [-0.3, -0.25) is 19.2 Å². The molecule has 130 valence electrons. The number of ether oxygens (including phenoxy) is 3. The molecule has 0 aromatic heterocycles. The molecule has 24 heavy (non-hydrogen) atoms. The van der Waals surface area contributed by atoms with Crippen LogP contribution in [0.1, 0.15) is 39.4 Å². The molecule has 1 amide bonds. The molecule has 1 unspecified atom stereocenters. The summed E-state index contributed by atoms with van der Waals surface area (Å²) in [4.78, 5) is 44.7. The van der Waals surface area contributed by atoms with Gasteiger partial charge in [0.15, 0.2) is 11.5 Å². The zero-order chi connectivity index (χ0) is 18.3. The van der Waals surface area contributed by atoms with Crippen molar-refractivity contribution in [2.45, 2.75) is 33.8 Å². The Morgan fingerprint density at radius 2 is 1.50 bits per heavy atom. The molecule has 1 N–H and O–H groups in total. The molecule has 8 heteroatoms. The number of hydrogen-bond acceptors (Lipinski definition) is 7. The Bertz CT molecular complexity index is 654. The van der Waals surface area contributed by atoms with Crippen molar-refractivity contribution in [1.82, 2.24) is 5.32 Å². The Morgan fingerprint density at radius 1 is 0.917 bits per heavy atom. The third-order valence-corrected chi connectivity index (χ3v) is 2.69. The van der Waals surface area contributed by atoms with Gasteiger partial charge in [0.2, 0.25) is 5.91 Å². The molecule has 1 rings (SSSR count). The van der Waals surface area contributed by atoms with E-state index >= 15 is 0 Å². The van der Waals surface area contributed by atoms with Crippen LogP contribution in [-0.2, 0) is 23.9 Å². The lowest BCUT2D eigenvalue weighted by Gasteiger charge is -2.19. The predicted octanol–water partition coefficient (Wildman–Crippen LogP) is 1.28. The van der Waals surface area contributed by atoms with Crippen molar-refractivity contribution >= 4 is 23.8 Å². The Balaban J connectivity index is 3.17. The quantitative estimate of drug-likeness (QED) is 0.615. The summed E-state index contributed by atoms with van der Waals surface area (Å²) >= 11 is 0. The minimum absolute atomic E-state index is 0.00942. The van der Waals surface area contributed by atoms with Crippen LogP contribution in [0.4, 0.5) is 0 Å². The highest BCUT2D eigenvalue weighted by Gasteiger charge is 2.19. The molecule has 0 aliphatic heterocycles. The Kier molecular flexibility index (Phi) is 6.91. The van der Waals surface area contributed by atoms with Gasteiger partial charge in [-0.15, -0.1) is 0 Å². The molecule has 0 aliphatic carbocycles. The van der Waals surface area contributed by atoms with Gasteiger partial charge in [-0.05, 0) is 17.7 Å². The standard InChI is InChI=1S/C16H19NO7/c1-9(18)17-8-16(24-12(4)21)13-5-6-14(22-10(2)19)15(7-13)23-11(3)20/h5-7,16H,8H2,1-4H3,(H,17,18). The highest BCUT2D eigenvalue weighted by molar-refractivity contribution is 5.74. The van der Waals surface area contributed by atoms with Gasteiger partial charge in [0.05, 0.1) is 6.54 Å². The topological polar surface area (TPSA) is 108 Å². The highest BCUT2D eigenvalue weighted by Crippen LogP contribution is 2.32. The molecular formula is C16H19NO7. The second-order valence-electron chi connectivity index (χ2n) is 4.93. The number of esters is 3. The molecule has 0 saturated carbocycles. The van der Waals surface area contributed by atoms with Crippen molar-refractivity contribution in [3.63, 3.8) is 0 Å². The number of carbonyl (C=O) groups is 4. The number of amides is 1. The summed E-state index contributed by atoms with van der Waals surface area (Å²) in [6.45, 7) is 5.02. The minimum atomic E-state index is -0.785. The summed E-state index contributed by atoms with van der Waals surface area (Å²) in [5.41, 5.74) is 0.464. The lowest BCUT2D eigenvalue weighted by Crippen LogP contribution is -2.28. The molecule has 1 aromatic carbocycles. The fraction of sp³-hybridized carbons (Fsp3) is 0.375. The minimum Gasteiger partial charge on any atom is -0.456 e. The van der Waals surface area contributed by atoms with E-state index in [1.807, 2.05) is 0 Å². The summed E-state index contributed by atoms with van der Waals surface area (Å²) in [7, 11) is 0. The molecule has 0 radical (unpaired) electrons. The van der Waals surface area contributed by atoms with Crippen molar-refractivity contribution in [3.8, 4) is 11.5 Å². The Hall–Kier alpha value is -2.90. The lowest BCUT2D eigenvalue weighted by molar-refractivity contribution is -0.147. The monoisotopic (exact) mass is 337 g/mol. The highest BCUT2D eigenvalue weighted by atomic mass is 16.6. The SMILES string of the molecule is CC(=O)NCC(OC(C)=O)c1ccc(OC(C)=O)c(OC(C)=O)c1. The maximum atomic E-state index is 11.3. The third-order valence-electron chi connectivity index (χ3n) is 2.69. The number of hydrogen-bond donors (Lipinski definition) is 1. The van der Waals surface area contributed by atoms with E-state index < -0.39 is 24.0 Å². The van der Waals surface area contributed by atoms with Gasteiger partial charge in [0.1, 0.15) is 6.10 Å². The van der Waals surface area contributed by atoms with Crippen LogP contribution in [0, 0.1) is 0 Å². The van der Waals surface area contributed by atoms with Gasteiger partial charge < -0.3 is 19.5 Å². The summed E-state index contributed by atoms with van der Waals surface area (Å²) in [5.74, 6) is -1.94. The van der Waals surface area contributed by atoms with Gasteiger partial charge in [-0.25, -0.2) is 0 Å². The molecule has 0 saturated heterocycles. The van der Waals surface area contributed by atoms with Crippen molar-refractivity contribution in [2.75, 3.05) is 6.54 Å². The predicted molar refractivity (Wildman–Crippen MR) is 82.3 cm³/mol. The molecule has 0 fully saturated rings. The van der Waals surface area contributed by atoms with E-state index in [0.29, 0.717) is 5.56 Å². The zero-order valence-electron chi connectivity index (χ0n) is 13.9. The van der Waals surface area contributed by atoms with Crippen molar-refractivity contribution in [3.05, 3.63) is 23.8 Å². The maximum absolute atomic E-state index is 11.3. The molecule has 0 bridgehead atoms. The van der Waals surface area contributed by atoms with Crippen LogP contribution in [0.25, 0.3) is 0 Å². The van der Waals surface area contributed by atoms with E-state index in [1.165, 1.54) is 39.8 Å². The Morgan fingerprint density at radius 3 is 2.00 bits per heavy atom. The molecule has 8 nitrogen and oxygen atoms in total. The first-order valence-corrected chi connectivity index (χ1v) is 7.11. The second-order valence-corrected chi connectivity index (χ2v) is 4.93. The first-order valence-electron chi connectivity index (χ1n) is 7.11. The van der Waals surface area contributed by atoms with E-state index in [9.17, 15) is 19.2 Å². The summed E-state index contributed by atoms with van der Waals surface area (Å²) < 4.78 is 15.2. The van der Waals surface area contributed by atoms with Crippen molar-refractivity contribution in [1.29, 1.82) is 0 Å². The molecule has 1 atom stereocenters. The largest absolute Gasteiger partial charge is 0.456 e. The van der Waals surface area contributed by atoms with Gasteiger partial charge in [-0.2, -0.15) is 0 Å². The number of benzene rings is 1. The van der Waals surface area contributed by atoms with E-state index in [4.69, 9.17) is 14.2 Å². The van der Waals surface area contributed by atoms with Gasteiger partial charge in [0, 0.05) is 27.7 Å². The van der Waals surface area contributed by atoms with Crippen LogP contribution < -0.4 is 14.8 Å². The fourth-order valence-electron chi connectivity index (χ4n) is 1.86. The second kappa shape index (κ2) is 8.66. The van der Waals surface area contributed by atoms with Crippen LogP contribution in [0.5, 0.6) is 11.5 Å². The van der Waals surface area contributed by atoms with Crippen LogP contribution in [0.15, 0.2) is 18.2 Å². The van der Waals surface area contributed by atoms with Gasteiger partial charge in [-0.1, -0.05) is 6.07 Å². The van der Waals surface area contributed by atoms with E-state index in [0.717, 1.165) is 0 Å². The van der Waals surface area contributed by atoms with Crippen LogP contribution in [-0.4, -0.2) is 30.4 Å². The molecular weight excluding hydrogens is 318 g/mol. The first kappa shape index (κ1) is 19.1. The van der Waals surface area contributed by atoms with Gasteiger partial charge in [0.25, 0.3) is 0 Å². The number of nitrogens with one attached hydrogen (secondary N) is 1. The van der Waals surface area contributed by atoms with E-state index in [-0.39, 0.29) is 24.0 Å². The van der Waals surface area contributed by atoms with Gasteiger partial charge >= 0.3 is 17.9 Å². The first-order chi connectivity index (χ1) is 11.2.